The molecule has 7 heteroatoms. The number of dihydropyridines is 1. The van der Waals surface area contributed by atoms with Gasteiger partial charge in [-0.05, 0) is 31.1 Å². The van der Waals surface area contributed by atoms with E-state index < -0.39 is 23.8 Å². The van der Waals surface area contributed by atoms with E-state index in [9.17, 15) is 14.4 Å². The normalized spacial score (nSPS) is 14.8. The van der Waals surface area contributed by atoms with Gasteiger partial charge >= 0.3 is 17.9 Å². The van der Waals surface area contributed by atoms with Crippen LogP contribution >= 0.6 is 0 Å². The fraction of sp³-hybridized carbons (Fsp3) is 0.286. The second-order valence-electron chi connectivity index (χ2n) is 6.15. The van der Waals surface area contributed by atoms with Gasteiger partial charge in [0.05, 0.1) is 38.4 Å². The summed E-state index contributed by atoms with van der Waals surface area (Å²) < 4.78 is 14.5. The minimum atomic E-state index is -0.673. The molecule has 0 saturated carbocycles. The summed E-state index contributed by atoms with van der Waals surface area (Å²) in [6, 6.07) is 7.18. The monoisotopic (exact) mass is 385 g/mol. The second-order valence-corrected chi connectivity index (χ2v) is 6.15. The summed E-state index contributed by atoms with van der Waals surface area (Å²) >= 11 is 0. The number of methoxy groups -OCH3 is 3. The Morgan fingerprint density at radius 2 is 1.50 bits per heavy atom. The molecule has 2 rings (SSSR count). The Hall–Kier alpha value is -3.35. The summed E-state index contributed by atoms with van der Waals surface area (Å²) in [5.74, 6) is -2.24. The van der Waals surface area contributed by atoms with Crippen LogP contribution in [0, 0.1) is 0 Å². The number of carbonyl (C=O) groups is 3. The highest BCUT2D eigenvalue weighted by Gasteiger charge is 2.37. The lowest BCUT2D eigenvalue weighted by molar-refractivity contribution is -0.137. The number of allylic oxidation sites excluding steroid dienone is 2. The molecular weight excluding hydrogens is 362 g/mol. The van der Waals surface area contributed by atoms with Gasteiger partial charge in [0.1, 0.15) is 0 Å². The van der Waals surface area contributed by atoms with E-state index in [2.05, 4.69) is 10.1 Å². The molecule has 0 spiro atoms. The summed E-state index contributed by atoms with van der Waals surface area (Å²) in [5.41, 5.74) is 3.23. The van der Waals surface area contributed by atoms with E-state index in [0.717, 1.165) is 0 Å². The second kappa shape index (κ2) is 9.03. The van der Waals surface area contributed by atoms with Gasteiger partial charge in [-0.3, -0.25) is 0 Å². The minimum absolute atomic E-state index is 0.322. The highest BCUT2D eigenvalue weighted by molar-refractivity contribution is 5.99. The van der Waals surface area contributed by atoms with Gasteiger partial charge in [-0.2, -0.15) is 0 Å². The molecule has 0 radical (unpaired) electrons. The first-order chi connectivity index (χ1) is 13.3. The molecule has 0 aromatic heterocycles. The summed E-state index contributed by atoms with van der Waals surface area (Å²) in [6.07, 6.45) is 2.89. The number of esters is 3. The molecule has 0 bridgehead atoms. The first-order valence-electron chi connectivity index (χ1n) is 8.55. The zero-order chi connectivity index (χ0) is 20.8. The van der Waals surface area contributed by atoms with E-state index in [4.69, 9.17) is 9.47 Å². The highest BCUT2D eigenvalue weighted by atomic mass is 16.5. The molecule has 0 saturated heterocycles. The number of hydrogen-bond acceptors (Lipinski definition) is 7. The van der Waals surface area contributed by atoms with Crippen molar-refractivity contribution in [3.63, 3.8) is 0 Å². The molecule has 1 aromatic carbocycles. The number of rotatable bonds is 5. The van der Waals surface area contributed by atoms with Gasteiger partial charge in [0.25, 0.3) is 0 Å². The Morgan fingerprint density at radius 1 is 0.929 bits per heavy atom. The van der Waals surface area contributed by atoms with E-state index in [1.807, 2.05) is 0 Å². The van der Waals surface area contributed by atoms with Crippen molar-refractivity contribution >= 4 is 24.0 Å². The Morgan fingerprint density at radius 3 is 2.00 bits per heavy atom. The van der Waals surface area contributed by atoms with Crippen LogP contribution in [-0.4, -0.2) is 39.2 Å². The Bertz CT molecular complexity index is 856. The van der Waals surface area contributed by atoms with Gasteiger partial charge in [-0.15, -0.1) is 0 Å². The van der Waals surface area contributed by atoms with Crippen LogP contribution in [0.3, 0.4) is 0 Å². The molecule has 1 aliphatic rings. The molecule has 0 amide bonds. The van der Waals surface area contributed by atoms with Crippen molar-refractivity contribution in [3.8, 4) is 0 Å². The average Bonchev–Trinajstić information content (AvgIpc) is 2.70. The number of carbonyl (C=O) groups excluding carboxylic acids is 3. The number of nitrogens with one attached hydrogen (secondary N) is 1. The van der Waals surface area contributed by atoms with Crippen LogP contribution in [0.1, 0.15) is 30.9 Å². The maximum Gasteiger partial charge on any atom is 0.336 e. The zero-order valence-electron chi connectivity index (χ0n) is 16.5. The SMILES string of the molecule is COC(=O)/C=C\c1cccc(C2C(C(=O)OC)=C(C)NC(C)=C2C(=O)OC)c1. The third-order valence-corrected chi connectivity index (χ3v) is 4.43. The third kappa shape index (κ3) is 4.31. The number of ether oxygens (including phenoxy) is 3. The lowest BCUT2D eigenvalue weighted by Gasteiger charge is -2.30. The number of hydrogen-bond donors (Lipinski definition) is 1. The van der Waals surface area contributed by atoms with Gasteiger partial charge in [0, 0.05) is 17.5 Å². The van der Waals surface area contributed by atoms with Gasteiger partial charge in [-0.1, -0.05) is 24.3 Å². The fourth-order valence-electron chi connectivity index (χ4n) is 3.16. The molecule has 1 heterocycles. The quantitative estimate of drug-likeness (QED) is 0.473. The topological polar surface area (TPSA) is 90.9 Å². The molecule has 0 unspecified atom stereocenters. The molecule has 1 aromatic rings. The van der Waals surface area contributed by atoms with Crippen LogP contribution in [0.25, 0.3) is 6.08 Å². The molecule has 148 valence electrons. The fourth-order valence-corrected chi connectivity index (χ4v) is 3.16. The standard InChI is InChI=1S/C21H23NO6/c1-12-17(20(24)27-4)19(18(13(2)22-12)21(25)28-5)15-8-6-7-14(11-15)9-10-16(23)26-3/h6-11,19,22H,1-5H3/b10-9-. The summed E-state index contributed by atoms with van der Waals surface area (Å²) in [6.45, 7) is 3.50. The molecule has 0 fully saturated rings. The molecular formula is C21H23NO6. The van der Waals surface area contributed by atoms with E-state index in [1.54, 1.807) is 44.2 Å². The average molecular weight is 385 g/mol. The Balaban J connectivity index is 2.62. The smallest absolute Gasteiger partial charge is 0.336 e. The van der Waals surface area contributed by atoms with Crippen LogP contribution in [0.15, 0.2) is 52.9 Å². The van der Waals surface area contributed by atoms with Gasteiger partial charge in [0.2, 0.25) is 0 Å². The molecule has 0 aliphatic carbocycles. The highest BCUT2D eigenvalue weighted by Crippen LogP contribution is 2.39. The van der Waals surface area contributed by atoms with Crippen molar-refractivity contribution in [2.75, 3.05) is 21.3 Å². The summed E-state index contributed by atoms with van der Waals surface area (Å²) in [5, 5.41) is 3.05. The first kappa shape index (κ1) is 21.0. The van der Waals surface area contributed by atoms with Crippen LogP contribution in [-0.2, 0) is 28.6 Å². The Kier molecular flexibility index (Phi) is 6.76. The van der Waals surface area contributed by atoms with Gasteiger partial charge in [-0.25, -0.2) is 14.4 Å². The van der Waals surface area contributed by atoms with Crippen LogP contribution in [0.4, 0.5) is 0 Å². The van der Waals surface area contributed by atoms with Crippen molar-refractivity contribution in [1.82, 2.24) is 5.32 Å². The Labute approximate surface area is 163 Å². The van der Waals surface area contributed by atoms with Crippen molar-refractivity contribution in [1.29, 1.82) is 0 Å². The van der Waals surface area contributed by atoms with E-state index in [-0.39, 0.29) is 0 Å². The van der Waals surface area contributed by atoms with Gasteiger partial charge in [0.15, 0.2) is 0 Å². The van der Waals surface area contributed by atoms with Crippen LogP contribution < -0.4 is 5.32 Å². The lowest BCUT2D eigenvalue weighted by Crippen LogP contribution is -2.32. The molecule has 0 atom stereocenters. The predicted molar refractivity (Wildman–Crippen MR) is 103 cm³/mol. The molecule has 7 nitrogen and oxygen atoms in total. The van der Waals surface area contributed by atoms with Crippen LogP contribution in [0.5, 0.6) is 0 Å². The number of benzene rings is 1. The van der Waals surface area contributed by atoms with Gasteiger partial charge < -0.3 is 19.5 Å². The molecule has 1 aliphatic heterocycles. The molecule has 28 heavy (non-hydrogen) atoms. The summed E-state index contributed by atoms with van der Waals surface area (Å²) in [4.78, 5) is 36.3. The zero-order valence-corrected chi connectivity index (χ0v) is 16.5. The predicted octanol–water partition coefficient (Wildman–Crippen LogP) is 2.45. The van der Waals surface area contributed by atoms with E-state index in [0.29, 0.717) is 33.7 Å². The van der Waals surface area contributed by atoms with Crippen molar-refractivity contribution in [3.05, 3.63) is 64.0 Å². The maximum atomic E-state index is 12.5. The van der Waals surface area contributed by atoms with Crippen molar-refractivity contribution in [2.24, 2.45) is 0 Å². The largest absolute Gasteiger partial charge is 0.466 e. The van der Waals surface area contributed by atoms with E-state index in [1.165, 1.54) is 27.4 Å². The third-order valence-electron chi connectivity index (χ3n) is 4.43. The lowest BCUT2D eigenvalue weighted by atomic mass is 9.80. The van der Waals surface area contributed by atoms with Crippen molar-refractivity contribution in [2.45, 2.75) is 19.8 Å². The summed E-state index contributed by atoms with van der Waals surface area (Å²) in [7, 11) is 3.88. The van der Waals surface area contributed by atoms with E-state index >= 15 is 0 Å². The first-order valence-corrected chi connectivity index (χ1v) is 8.55. The molecule has 1 N–H and O–H groups in total. The maximum absolute atomic E-state index is 12.5. The van der Waals surface area contributed by atoms with Crippen LogP contribution in [0.2, 0.25) is 0 Å². The van der Waals surface area contributed by atoms with Crippen molar-refractivity contribution < 1.29 is 28.6 Å². The minimum Gasteiger partial charge on any atom is -0.466 e.